The molecule has 0 unspecified atom stereocenters. The first-order valence-corrected chi connectivity index (χ1v) is 12.1. The van der Waals surface area contributed by atoms with Crippen LogP contribution in [0.5, 0.6) is 5.88 Å². The predicted molar refractivity (Wildman–Crippen MR) is 117 cm³/mol. The molecule has 0 saturated heterocycles. The highest BCUT2D eigenvalue weighted by Crippen LogP contribution is 2.18. The van der Waals surface area contributed by atoms with E-state index in [2.05, 4.69) is 15.0 Å². The molecule has 1 saturated carbocycles. The summed E-state index contributed by atoms with van der Waals surface area (Å²) in [5.74, 6) is -1.27. The van der Waals surface area contributed by atoms with Crippen LogP contribution in [0.25, 0.3) is 0 Å². The van der Waals surface area contributed by atoms with Crippen LogP contribution in [0.4, 0.5) is 4.79 Å². The largest absolute Gasteiger partial charge is 0.515 e. The minimum atomic E-state index is -4.18. The van der Waals surface area contributed by atoms with Crippen molar-refractivity contribution in [2.24, 2.45) is 0 Å². The third kappa shape index (κ3) is 6.75. The van der Waals surface area contributed by atoms with E-state index in [0.717, 1.165) is 31.9 Å². The van der Waals surface area contributed by atoms with Crippen molar-refractivity contribution in [3.63, 3.8) is 0 Å². The number of rotatable bonds is 7. The van der Waals surface area contributed by atoms with E-state index in [1.54, 1.807) is 6.92 Å². The van der Waals surface area contributed by atoms with Gasteiger partial charge in [0.2, 0.25) is 5.88 Å². The zero-order valence-corrected chi connectivity index (χ0v) is 18.9. The highest BCUT2D eigenvalue weighted by Gasteiger charge is 2.21. The SMILES string of the molecule is CCOC(=O)Oc1ccc(C(=O)NS(=O)(=O)c2ccc(C(=O)NC3CCCCC3)cc2)cn1. The standard InChI is InChI=1S/C22H25N3O7S/c1-2-31-22(28)32-19-13-10-16(14-23-19)21(27)25-33(29,30)18-11-8-15(9-12-18)20(26)24-17-6-4-3-5-7-17/h8-14,17H,2-7H2,1H3,(H,24,26)(H,25,27). The zero-order chi connectivity index (χ0) is 23.8. The lowest BCUT2D eigenvalue weighted by Gasteiger charge is -2.22. The van der Waals surface area contributed by atoms with E-state index >= 15 is 0 Å². The Morgan fingerprint density at radius 2 is 1.64 bits per heavy atom. The Kier molecular flexibility index (Phi) is 7.99. The Morgan fingerprint density at radius 1 is 0.970 bits per heavy atom. The quantitative estimate of drug-likeness (QED) is 0.583. The van der Waals surface area contributed by atoms with Crippen molar-refractivity contribution in [1.29, 1.82) is 0 Å². The van der Waals surface area contributed by atoms with Crippen molar-refractivity contribution < 1.29 is 32.3 Å². The minimum absolute atomic E-state index is 0.0572. The summed E-state index contributed by atoms with van der Waals surface area (Å²) in [6.45, 7) is 1.74. The van der Waals surface area contributed by atoms with E-state index in [1.807, 2.05) is 4.72 Å². The third-order valence-electron chi connectivity index (χ3n) is 5.04. The third-order valence-corrected chi connectivity index (χ3v) is 6.39. The number of ether oxygens (including phenoxy) is 2. The number of carbonyl (C=O) groups is 3. The zero-order valence-electron chi connectivity index (χ0n) is 18.1. The molecule has 0 radical (unpaired) electrons. The van der Waals surface area contributed by atoms with Gasteiger partial charge in [0.15, 0.2) is 0 Å². The molecule has 2 N–H and O–H groups in total. The predicted octanol–water partition coefficient (Wildman–Crippen LogP) is 2.80. The number of hydrogen-bond donors (Lipinski definition) is 2. The number of sulfonamides is 1. The molecular formula is C22H25N3O7S. The highest BCUT2D eigenvalue weighted by molar-refractivity contribution is 7.90. The maximum absolute atomic E-state index is 12.6. The van der Waals surface area contributed by atoms with Crippen molar-refractivity contribution in [2.75, 3.05) is 6.61 Å². The van der Waals surface area contributed by atoms with Crippen LogP contribution in [0.2, 0.25) is 0 Å². The second-order valence-corrected chi connectivity index (χ2v) is 9.12. The van der Waals surface area contributed by atoms with Crippen LogP contribution in [0, 0.1) is 0 Å². The lowest BCUT2D eigenvalue weighted by atomic mass is 9.95. The van der Waals surface area contributed by atoms with E-state index in [4.69, 9.17) is 4.74 Å². The van der Waals surface area contributed by atoms with E-state index in [9.17, 15) is 22.8 Å². The van der Waals surface area contributed by atoms with E-state index < -0.39 is 22.1 Å². The van der Waals surface area contributed by atoms with Crippen molar-refractivity contribution in [1.82, 2.24) is 15.0 Å². The number of hydrogen-bond acceptors (Lipinski definition) is 8. The van der Waals surface area contributed by atoms with Gasteiger partial charge in [0.05, 0.1) is 17.1 Å². The van der Waals surface area contributed by atoms with Gasteiger partial charge in [-0.1, -0.05) is 19.3 Å². The fraction of sp³-hybridized carbons (Fsp3) is 0.364. The van der Waals surface area contributed by atoms with Gasteiger partial charge in [0.1, 0.15) is 0 Å². The molecule has 0 atom stereocenters. The molecular weight excluding hydrogens is 450 g/mol. The molecule has 2 aromatic rings. The first kappa shape index (κ1) is 24.2. The first-order valence-electron chi connectivity index (χ1n) is 10.6. The van der Waals surface area contributed by atoms with Crippen LogP contribution in [-0.4, -0.2) is 44.0 Å². The van der Waals surface area contributed by atoms with Crippen molar-refractivity contribution in [3.05, 3.63) is 53.7 Å². The molecule has 0 spiro atoms. The van der Waals surface area contributed by atoms with E-state index in [1.165, 1.54) is 42.8 Å². The molecule has 2 amide bonds. The molecule has 1 aliphatic rings. The summed E-state index contributed by atoms with van der Waals surface area (Å²) < 4.78 is 36.5. The number of carbonyl (C=O) groups excluding carboxylic acids is 3. The van der Waals surface area contributed by atoms with Gasteiger partial charge in [-0.3, -0.25) is 9.59 Å². The maximum Gasteiger partial charge on any atom is 0.515 e. The van der Waals surface area contributed by atoms with E-state index in [-0.39, 0.29) is 34.9 Å². The Hall–Kier alpha value is -3.47. The molecule has 176 valence electrons. The fourth-order valence-corrected chi connectivity index (χ4v) is 4.32. The number of nitrogens with zero attached hydrogens (tertiary/aromatic N) is 1. The number of nitrogens with one attached hydrogen (secondary N) is 2. The van der Waals surface area contributed by atoms with Crippen LogP contribution < -0.4 is 14.8 Å². The first-order chi connectivity index (χ1) is 15.8. The summed E-state index contributed by atoms with van der Waals surface area (Å²) >= 11 is 0. The number of benzene rings is 1. The second-order valence-electron chi connectivity index (χ2n) is 7.44. The van der Waals surface area contributed by atoms with Gasteiger partial charge in [0.25, 0.3) is 21.8 Å². The van der Waals surface area contributed by atoms with Crippen molar-refractivity contribution in [3.8, 4) is 5.88 Å². The van der Waals surface area contributed by atoms with Crippen LogP contribution in [0.15, 0.2) is 47.5 Å². The molecule has 1 heterocycles. The maximum atomic E-state index is 12.6. The Morgan fingerprint density at radius 3 is 2.24 bits per heavy atom. The smallest absolute Gasteiger partial charge is 0.434 e. The average Bonchev–Trinajstić information content (AvgIpc) is 2.80. The second kappa shape index (κ2) is 10.9. The summed E-state index contributed by atoms with van der Waals surface area (Å²) in [5.41, 5.74) is 0.283. The molecule has 11 heteroatoms. The van der Waals surface area contributed by atoms with Gasteiger partial charge >= 0.3 is 6.16 Å². The molecule has 10 nitrogen and oxygen atoms in total. The van der Waals surface area contributed by atoms with Gasteiger partial charge in [0, 0.05) is 23.9 Å². The van der Waals surface area contributed by atoms with Gasteiger partial charge in [-0.05, 0) is 50.1 Å². The average molecular weight is 476 g/mol. The highest BCUT2D eigenvalue weighted by atomic mass is 32.2. The molecule has 0 aliphatic heterocycles. The monoisotopic (exact) mass is 475 g/mol. The van der Waals surface area contributed by atoms with Gasteiger partial charge in [-0.15, -0.1) is 0 Å². The molecule has 1 fully saturated rings. The normalized spacial score (nSPS) is 14.2. The molecule has 1 aliphatic carbocycles. The number of aromatic nitrogens is 1. The van der Waals surface area contributed by atoms with Gasteiger partial charge < -0.3 is 14.8 Å². The summed E-state index contributed by atoms with van der Waals surface area (Å²) in [4.78, 5) is 39.6. The van der Waals surface area contributed by atoms with E-state index in [0.29, 0.717) is 5.56 Å². The van der Waals surface area contributed by atoms with Crippen LogP contribution in [-0.2, 0) is 14.8 Å². The molecule has 3 rings (SSSR count). The van der Waals surface area contributed by atoms with Crippen LogP contribution in [0.1, 0.15) is 59.7 Å². The Bertz CT molecular complexity index is 1090. The lowest BCUT2D eigenvalue weighted by Crippen LogP contribution is -2.36. The summed E-state index contributed by atoms with van der Waals surface area (Å²) in [6, 6.07) is 7.96. The Labute approximate surface area is 191 Å². The summed E-state index contributed by atoms with van der Waals surface area (Å²) in [5, 5.41) is 2.97. The molecule has 1 aromatic carbocycles. The summed E-state index contributed by atoms with van der Waals surface area (Å²) in [7, 11) is -4.18. The van der Waals surface area contributed by atoms with Crippen LogP contribution >= 0.6 is 0 Å². The van der Waals surface area contributed by atoms with Crippen LogP contribution in [0.3, 0.4) is 0 Å². The lowest BCUT2D eigenvalue weighted by molar-refractivity contribution is 0.0925. The van der Waals surface area contributed by atoms with Crippen molar-refractivity contribution >= 4 is 28.0 Å². The number of pyridine rings is 1. The fourth-order valence-electron chi connectivity index (χ4n) is 3.35. The van der Waals surface area contributed by atoms with Crippen molar-refractivity contribution in [2.45, 2.75) is 50.0 Å². The molecule has 33 heavy (non-hydrogen) atoms. The number of amides is 2. The topological polar surface area (TPSA) is 141 Å². The molecule has 1 aromatic heterocycles. The van der Waals surface area contributed by atoms with Gasteiger partial charge in [-0.2, -0.15) is 0 Å². The minimum Gasteiger partial charge on any atom is -0.434 e. The summed E-state index contributed by atoms with van der Waals surface area (Å²) in [6.07, 6.45) is 5.34. The van der Waals surface area contributed by atoms with Gasteiger partial charge in [-0.25, -0.2) is 22.9 Å². The molecule has 0 bridgehead atoms. The Balaban J connectivity index is 1.60.